The molecule has 0 saturated heterocycles. The Labute approximate surface area is 111 Å². The van der Waals surface area contributed by atoms with E-state index in [-0.39, 0.29) is 0 Å². The molecule has 0 bridgehead atoms. The van der Waals surface area contributed by atoms with Crippen LogP contribution in [0.15, 0.2) is 15.9 Å². The molecule has 0 fully saturated rings. The normalized spacial score (nSPS) is 11.6. The zero-order chi connectivity index (χ0) is 12.0. The zero-order valence-electron chi connectivity index (χ0n) is 10.3. The van der Waals surface area contributed by atoms with Gasteiger partial charge < -0.3 is 10.2 Å². The maximum Gasteiger partial charge on any atom is 0.0285 e. The van der Waals surface area contributed by atoms with Gasteiger partial charge >= 0.3 is 0 Å². The largest absolute Gasteiger partial charge is 0.313 e. The van der Waals surface area contributed by atoms with Gasteiger partial charge in [0.25, 0.3) is 0 Å². The standard InChI is InChI=1S/C12H21BrN2S/c1-10(2)14-5-7-15(3)6-4-12-8-11(13)9-16-12/h8-10,14H,4-7H2,1-3H3. The molecule has 1 heterocycles. The van der Waals surface area contributed by atoms with Crippen LogP contribution in [0.5, 0.6) is 0 Å². The van der Waals surface area contributed by atoms with Gasteiger partial charge in [0.15, 0.2) is 0 Å². The molecule has 0 spiro atoms. The first-order chi connectivity index (χ1) is 7.58. The number of hydrogen-bond acceptors (Lipinski definition) is 3. The monoisotopic (exact) mass is 304 g/mol. The quantitative estimate of drug-likeness (QED) is 0.833. The summed E-state index contributed by atoms with van der Waals surface area (Å²) in [7, 11) is 2.19. The first kappa shape index (κ1) is 14.2. The molecule has 1 rings (SSSR count). The van der Waals surface area contributed by atoms with Gasteiger partial charge in [0.05, 0.1) is 0 Å². The first-order valence-corrected chi connectivity index (χ1v) is 7.40. The molecule has 0 aliphatic heterocycles. The second-order valence-corrected chi connectivity index (χ2v) is 6.30. The summed E-state index contributed by atoms with van der Waals surface area (Å²) < 4.78 is 1.21. The number of rotatable bonds is 7. The maximum atomic E-state index is 3.48. The minimum Gasteiger partial charge on any atom is -0.313 e. The predicted octanol–water partition coefficient (Wildman–Crippen LogP) is 2.98. The molecule has 0 atom stereocenters. The average molecular weight is 305 g/mol. The van der Waals surface area contributed by atoms with Crippen molar-refractivity contribution < 1.29 is 0 Å². The van der Waals surface area contributed by atoms with Crippen LogP contribution in [0.25, 0.3) is 0 Å². The lowest BCUT2D eigenvalue weighted by Gasteiger charge is -2.17. The summed E-state index contributed by atoms with van der Waals surface area (Å²) in [4.78, 5) is 3.83. The van der Waals surface area contributed by atoms with E-state index in [9.17, 15) is 0 Å². The van der Waals surface area contributed by atoms with Gasteiger partial charge in [-0.05, 0) is 35.5 Å². The van der Waals surface area contributed by atoms with Crippen LogP contribution < -0.4 is 5.32 Å². The Morgan fingerprint density at radius 2 is 2.19 bits per heavy atom. The van der Waals surface area contributed by atoms with Crippen LogP contribution in [-0.4, -0.2) is 37.6 Å². The Hall–Kier alpha value is 0.1000. The minimum atomic E-state index is 0.585. The molecule has 0 radical (unpaired) electrons. The highest BCUT2D eigenvalue weighted by atomic mass is 79.9. The fraction of sp³-hybridized carbons (Fsp3) is 0.667. The SMILES string of the molecule is CC(C)NCCN(C)CCc1cc(Br)cs1. The summed E-state index contributed by atoms with van der Waals surface area (Å²) in [6, 6.07) is 2.80. The van der Waals surface area contributed by atoms with Gasteiger partial charge in [-0.1, -0.05) is 13.8 Å². The number of halogens is 1. The molecular weight excluding hydrogens is 284 g/mol. The van der Waals surface area contributed by atoms with Crippen LogP contribution in [0, 0.1) is 0 Å². The summed E-state index contributed by atoms with van der Waals surface area (Å²) in [5.41, 5.74) is 0. The first-order valence-electron chi connectivity index (χ1n) is 5.72. The fourth-order valence-electron chi connectivity index (χ4n) is 1.44. The van der Waals surface area contributed by atoms with Crippen molar-refractivity contribution in [3.63, 3.8) is 0 Å². The van der Waals surface area contributed by atoms with E-state index in [2.05, 4.69) is 58.5 Å². The van der Waals surface area contributed by atoms with Crippen molar-refractivity contribution in [1.29, 1.82) is 0 Å². The van der Waals surface area contributed by atoms with Gasteiger partial charge in [0.2, 0.25) is 0 Å². The second kappa shape index (κ2) is 7.43. The Morgan fingerprint density at radius 1 is 1.44 bits per heavy atom. The molecule has 0 aliphatic rings. The molecule has 0 unspecified atom stereocenters. The van der Waals surface area contributed by atoms with Gasteiger partial charge in [-0.2, -0.15) is 0 Å². The maximum absolute atomic E-state index is 3.48. The van der Waals surface area contributed by atoms with Crippen LogP contribution in [0.3, 0.4) is 0 Å². The number of nitrogens with one attached hydrogen (secondary N) is 1. The van der Waals surface area contributed by atoms with Crippen molar-refractivity contribution in [3.05, 3.63) is 20.8 Å². The average Bonchev–Trinajstić information content (AvgIpc) is 2.61. The fourth-order valence-corrected chi connectivity index (χ4v) is 2.89. The van der Waals surface area contributed by atoms with Crippen molar-refractivity contribution in [3.8, 4) is 0 Å². The van der Waals surface area contributed by atoms with Crippen LogP contribution in [0.4, 0.5) is 0 Å². The molecule has 92 valence electrons. The van der Waals surface area contributed by atoms with E-state index in [1.54, 1.807) is 0 Å². The Balaban J connectivity index is 2.12. The molecule has 0 aromatic carbocycles. The summed E-state index contributed by atoms with van der Waals surface area (Å²) in [5.74, 6) is 0. The lowest BCUT2D eigenvalue weighted by molar-refractivity contribution is 0.331. The summed E-state index contributed by atoms with van der Waals surface area (Å²) in [6.45, 7) is 7.69. The smallest absolute Gasteiger partial charge is 0.0285 e. The second-order valence-electron chi connectivity index (χ2n) is 4.39. The summed E-state index contributed by atoms with van der Waals surface area (Å²) in [6.07, 6.45) is 1.15. The third-order valence-electron chi connectivity index (χ3n) is 2.41. The molecule has 1 aromatic heterocycles. The van der Waals surface area contributed by atoms with E-state index in [1.165, 1.54) is 9.35 Å². The van der Waals surface area contributed by atoms with E-state index >= 15 is 0 Å². The molecule has 1 aromatic rings. The highest BCUT2D eigenvalue weighted by Gasteiger charge is 2.02. The number of likely N-dealkylation sites (N-methyl/N-ethyl adjacent to an activating group) is 1. The van der Waals surface area contributed by atoms with Crippen LogP contribution >= 0.6 is 27.3 Å². The number of hydrogen-bond donors (Lipinski definition) is 1. The Bertz CT molecular complexity index is 299. The van der Waals surface area contributed by atoms with Gasteiger partial charge in [0.1, 0.15) is 0 Å². The summed E-state index contributed by atoms with van der Waals surface area (Å²) >= 11 is 5.31. The molecule has 0 amide bonds. The highest BCUT2D eigenvalue weighted by molar-refractivity contribution is 9.10. The lowest BCUT2D eigenvalue weighted by Crippen LogP contribution is -2.33. The molecular formula is C12H21BrN2S. The van der Waals surface area contributed by atoms with E-state index in [4.69, 9.17) is 0 Å². The highest BCUT2D eigenvalue weighted by Crippen LogP contribution is 2.20. The van der Waals surface area contributed by atoms with Gasteiger partial charge in [-0.25, -0.2) is 0 Å². The van der Waals surface area contributed by atoms with E-state index in [1.807, 2.05) is 11.3 Å². The molecule has 4 heteroatoms. The Kier molecular flexibility index (Phi) is 6.58. The van der Waals surface area contributed by atoms with Gasteiger partial charge in [0, 0.05) is 40.4 Å². The predicted molar refractivity (Wildman–Crippen MR) is 76.4 cm³/mol. The molecule has 1 N–H and O–H groups in total. The third kappa shape index (κ3) is 5.99. The van der Waals surface area contributed by atoms with Crippen molar-refractivity contribution in [2.45, 2.75) is 26.3 Å². The summed E-state index contributed by atoms with van der Waals surface area (Å²) in [5, 5.41) is 5.58. The molecule has 16 heavy (non-hydrogen) atoms. The van der Waals surface area contributed by atoms with Crippen LogP contribution in [0.1, 0.15) is 18.7 Å². The molecule has 0 aliphatic carbocycles. The van der Waals surface area contributed by atoms with E-state index < -0.39 is 0 Å². The van der Waals surface area contributed by atoms with Gasteiger partial charge in [-0.3, -0.25) is 0 Å². The topological polar surface area (TPSA) is 15.3 Å². The molecule has 2 nitrogen and oxygen atoms in total. The van der Waals surface area contributed by atoms with Crippen molar-refractivity contribution in [2.24, 2.45) is 0 Å². The van der Waals surface area contributed by atoms with Crippen LogP contribution in [0.2, 0.25) is 0 Å². The number of thiophene rings is 1. The van der Waals surface area contributed by atoms with Crippen molar-refractivity contribution in [1.82, 2.24) is 10.2 Å². The van der Waals surface area contributed by atoms with Gasteiger partial charge in [-0.15, -0.1) is 11.3 Å². The Morgan fingerprint density at radius 3 is 2.75 bits per heavy atom. The minimum absolute atomic E-state index is 0.585. The van der Waals surface area contributed by atoms with E-state index in [0.717, 1.165) is 26.1 Å². The molecule has 0 saturated carbocycles. The lowest BCUT2D eigenvalue weighted by atomic mass is 10.3. The number of nitrogens with zero attached hydrogens (tertiary/aromatic N) is 1. The van der Waals surface area contributed by atoms with E-state index in [0.29, 0.717) is 6.04 Å². The van der Waals surface area contributed by atoms with Crippen LogP contribution in [-0.2, 0) is 6.42 Å². The van der Waals surface area contributed by atoms with Crippen molar-refractivity contribution >= 4 is 27.3 Å². The van der Waals surface area contributed by atoms with Crippen molar-refractivity contribution in [2.75, 3.05) is 26.7 Å². The third-order valence-corrected chi connectivity index (χ3v) is 4.17. The zero-order valence-corrected chi connectivity index (χ0v) is 12.7.